The number of carbonyl (C=O) groups is 1. The van der Waals surface area contributed by atoms with Crippen LogP contribution in [0.5, 0.6) is 0 Å². The number of thiophene rings is 1. The van der Waals surface area contributed by atoms with Crippen LogP contribution in [0.2, 0.25) is 0 Å². The minimum absolute atomic E-state index is 0.123. The standard InChI is InChI=1S/C24H28N4O6S3/c1-36(31,32)25-12-16-14-35-23-21(16)37(33,34)27-22(26-23)19-20(29)17-10-6-3-7-11-18(17)28(24(19)30)13-15-8-4-2-5-9-15/h2,4-5,8-9,14,17-18,25,29H,3,6-7,10-13H2,1H3,(H,26,27)/t17-,18+/m1/s1. The van der Waals surface area contributed by atoms with Crippen molar-refractivity contribution in [3.05, 3.63) is 58.2 Å². The highest BCUT2D eigenvalue weighted by molar-refractivity contribution is 7.91. The molecule has 2 atom stereocenters. The second kappa shape index (κ2) is 9.86. The summed E-state index contributed by atoms with van der Waals surface area (Å²) in [6, 6.07) is 9.37. The van der Waals surface area contributed by atoms with Crippen molar-refractivity contribution in [3.63, 3.8) is 0 Å². The SMILES string of the molecule is CS(=O)(=O)NCc1csc2c1S(=O)(=O)N=C(C1=C(O)[C@@H]3CCCCC[C@@H]3N(Cc3ccccc3)C1=O)N2. The molecule has 1 amide bonds. The fourth-order valence-electron chi connectivity index (χ4n) is 5.25. The minimum atomic E-state index is -4.27. The number of rotatable bonds is 6. The molecule has 37 heavy (non-hydrogen) atoms. The summed E-state index contributed by atoms with van der Waals surface area (Å²) in [7, 11) is -7.81. The highest BCUT2D eigenvalue weighted by Crippen LogP contribution is 2.42. The highest BCUT2D eigenvalue weighted by atomic mass is 32.2. The van der Waals surface area contributed by atoms with Gasteiger partial charge in [-0.25, -0.2) is 13.1 Å². The molecule has 3 heterocycles. The van der Waals surface area contributed by atoms with Crippen molar-refractivity contribution in [2.45, 2.75) is 56.1 Å². The smallest absolute Gasteiger partial charge is 0.287 e. The van der Waals surface area contributed by atoms with Crippen LogP contribution in [0.4, 0.5) is 5.00 Å². The molecule has 198 valence electrons. The van der Waals surface area contributed by atoms with Crippen LogP contribution in [-0.2, 0) is 37.9 Å². The van der Waals surface area contributed by atoms with Crippen LogP contribution >= 0.6 is 11.3 Å². The Bertz CT molecular complexity index is 1500. The third-order valence-corrected chi connectivity index (χ3v) is 10.1. The van der Waals surface area contributed by atoms with Gasteiger partial charge >= 0.3 is 0 Å². The summed E-state index contributed by atoms with van der Waals surface area (Å²) in [5, 5.41) is 16.0. The van der Waals surface area contributed by atoms with Crippen molar-refractivity contribution in [3.8, 4) is 0 Å². The number of anilines is 1. The summed E-state index contributed by atoms with van der Waals surface area (Å²) < 4.78 is 55.7. The number of sulfonamides is 2. The normalized spacial score (nSPS) is 23.5. The first kappa shape index (κ1) is 25.9. The minimum Gasteiger partial charge on any atom is -0.511 e. The Morgan fingerprint density at radius 2 is 1.92 bits per heavy atom. The lowest BCUT2D eigenvalue weighted by atomic mass is 9.84. The van der Waals surface area contributed by atoms with E-state index in [4.69, 9.17) is 0 Å². The zero-order valence-corrected chi connectivity index (χ0v) is 22.6. The third-order valence-electron chi connectivity index (χ3n) is 6.94. The lowest BCUT2D eigenvalue weighted by Gasteiger charge is -2.41. The summed E-state index contributed by atoms with van der Waals surface area (Å²) in [5.74, 6) is -1.11. The maximum absolute atomic E-state index is 13.9. The average molecular weight is 565 g/mol. The van der Waals surface area contributed by atoms with Crippen LogP contribution in [0.3, 0.4) is 0 Å². The molecule has 3 N–H and O–H groups in total. The second-order valence-corrected chi connectivity index (χ2v) is 13.8. The van der Waals surface area contributed by atoms with Gasteiger partial charge in [0.1, 0.15) is 21.2 Å². The van der Waals surface area contributed by atoms with E-state index in [1.54, 1.807) is 4.90 Å². The Labute approximate surface area is 220 Å². The molecule has 2 aromatic rings. The van der Waals surface area contributed by atoms with E-state index in [1.165, 1.54) is 5.38 Å². The molecule has 1 aliphatic carbocycles. The predicted molar refractivity (Wildman–Crippen MR) is 141 cm³/mol. The second-order valence-electron chi connectivity index (χ2n) is 9.54. The number of aliphatic hydroxyl groups excluding tert-OH is 1. The molecule has 3 aliphatic rings. The van der Waals surface area contributed by atoms with Gasteiger partial charge in [-0.2, -0.15) is 8.42 Å². The summed E-state index contributed by atoms with van der Waals surface area (Å²) in [6.45, 7) is 0.126. The molecule has 0 bridgehead atoms. The third kappa shape index (κ3) is 5.17. The number of benzene rings is 1. The van der Waals surface area contributed by atoms with Crippen molar-refractivity contribution in [1.82, 2.24) is 9.62 Å². The van der Waals surface area contributed by atoms with E-state index in [0.29, 0.717) is 13.0 Å². The van der Waals surface area contributed by atoms with Gasteiger partial charge in [-0.15, -0.1) is 15.7 Å². The topological polar surface area (TPSA) is 145 Å². The van der Waals surface area contributed by atoms with Crippen molar-refractivity contribution in [2.75, 3.05) is 11.6 Å². The van der Waals surface area contributed by atoms with E-state index in [-0.39, 0.29) is 51.1 Å². The summed E-state index contributed by atoms with van der Waals surface area (Å²) in [5.41, 5.74) is 1.07. The largest absolute Gasteiger partial charge is 0.511 e. The Kier molecular flexibility index (Phi) is 6.90. The zero-order valence-electron chi connectivity index (χ0n) is 20.2. The van der Waals surface area contributed by atoms with Crippen LogP contribution in [0.15, 0.2) is 56.3 Å². The molecule has 0 spiro atoms. The van der Waals surface area contributed by atoms with Crippen LogP contribution in [0.1, 0.15) is 43.2 Å². The molecule has 5 rings (SSSR count). The van der Waals surface area contributed by atoms with Crippen molar-refractivity contribution in [2.24, 2.45) is 10.3 Å². The molecule has 13 heteroatoms. The molecule has 0 saturated heterocycles. The number of nitrogens with one attached hydrogen (secondary N) is 2. The Morgan fingerprint density at radius 1 is 1.19 bits per heavy atom. The summed E-state index contributed by atoms with van der Waals surface area (Å²) in [4.78, 5) is 15.5. The Balaban J connectivity index is 1.54. The highest BCUT2D eigenvalue weighted by Gasteiger charge is 2.45. The van der Waals surface area contributed by atoms with Gasteiger partial charge in [0, 0.05) is 30.6 Å². The van der Waals surface area contributed by atoms with E-state index in [1.807, 2.05) is 30.3 Å². The van der Waals surface area contributed by atoms with Crippen LogP contribution in [-0.4, -0.2) is 50.9 Å². The van der Waals surface area contributed by atoms with Gasteiger partial charge in [0.2, 0.25) is 10.0 Å². The first-order valence-electron chi connectivity index (χ1n) is 12.0. The molecular weight excluding hydrogens is 536 g/mol. The molecular formula is C24H28N4O6S3. The van der Waals surface area contributed by atoms with Gasteiger partial charge < -0.3 is 15.3 Å². The van der Waals surface area contributed by atoms with Gasteiger partial charge in [0.05, 0.1) is 6.26 Å². The number of hydrogen-bond acceptors (Lipinski definition) is 8. The molecule has 1 saturated carbocycles. The number of amides is 1. The number of aliphatic hydroxyl groups is 1. The van der Waals surface area contributed by atoms with Gasteiger partial charge in [0.15, 0.2) is 5.84 Å². The van der Waals surface area contributed by atoms with Gasteiger partial charge in [0.25, 0.3) is 15.9 Å². The average Bonchev–Trinajstić information content (AvgIpc) is 3.09. The molecule has 1 aromatic carbocycles. The van der Waals surface area contributed by atoms with Gasteiger partial charge in [-0.3, -0.25) is 4.79 Å². The van der Waals surface area contributed by atoms with E-state index < -0.39 is 26.0 Å². The maximum atomic E-state index is 13.9. The first-order chi connectivity index (χ1) is 17.5. The predicted octanol–water partition coefficient (Wildman–Crippen LogP) is 3.11. The molecule has 2 aliphatic heterocycles. The zero-order chi connectivity index (χ0) is 26.4. The van der Waals surface area contributed by atoms with Crippen molar-refractivity contribution >= 4 is 48.1 Å². The quantitative estimate of drug-likeness (QED) is 0.489. The maximum Gasteiger partial charge on any atom is 0.287 e. The van der Waals surface area contributed by atoms with E-state index >= 15 is 0 Å². The number of amidine groups is 1. The molecule has 1 aromatic heterocycles. The van der Waals surface area contributed by atoms with Crippen molar-refractivity contribution < 1.29 is 26.7 Å². The lowest BCUT2D eigenvalue weighted by Crippen LogP contribution is -2.51. The fraction of sp³-hybridized carbons (Fsp3) is 0.417. The van der Waals surface area contributed by atoms with Crippen molar-refractivity contribution in [1.29, 1.82) is 0 Å². The molecule has 0 unspecified atom stereocenters. The Hall–Kier alpha value is -2.74. The van der Waals surface area contributed by atoms with Crippen LogP contribution in [0.25, 0.3) is 0 Å². The number of nitrogens with zero attached hydrogens (tertiary/aromatic N) is 2. The van der Waals surface area contributed by atoms with Gasteiger partial charge in [-0.05, 0) is 23.8 Å². The lowest BCUT2D eigenvalue weighted by molar-refractivity contribution is -0.132. The summed E-state index contributed by atoms with van der Waals surface area (Å²) >= 11 is 1.07. The van der Waals surface area contributed by atoms with E-state index in [2.05, 4.69) is 14.4 Å². The van der Waals surface area contributed by atoms with E-state index in [9.17, 15) is 26.7 Å². The first-order valence-corrected chi connectivity index (χ1v) is 16.2. The number of carbonyl (C=O) groups excluding carboxylic acids is 1. The fourth-order valence-corrected chi connectivity index (χ4v) is 8.27. The molecule has 0 radical (unpaired) electrons. The molecule has 1 fully saturated rings. The van der Waals surface area contributed by atoms with Gasteiger partial charge in [-0.1, -0.05) is 49.6 Å². The van der Waals surface area contributed by atoms with E-state index in [0.717, 1.165) is 48.8 Å². The number of fused-ring (bicyclic) bond motifs is 2. The molecule has 10 nitrogen and oxygen atoms in total. The Morgan fingerprint density at radius 3 is 2.65 bits per heavy atom. The van der Waals surface area contributed by atoms with Crippen LogP contribution in [0, 0.1) is 5.92 Å². The van der Waals surface area contributed by atoms with Crippen LogP contribution < -0.4 is 10.0 Å². The summed E-state index contributed by atoms with van der Waals surface area (Å²) in [6.07, 6.45) is 5.27. The monoisotopic (exact) mass is 564 g/mol. The number of hydrogen-bond donors (Lipinski definition) is 3.